The first kappa shape index (κ1) is 19.5. The number of aromatic nitrogens is 2. The van der Waals surface area contributed by atoms with E-state index in [0.29, 0.717) is 32.7 Å². The van der Waals surface area contributed by atoms with E-state index in [4.69, 9.17) is 21.1 Å². The molecule has 0 radical (unpaired) electrons. The number of aromatic hydroxyl groups is 1. The molecule has 0 amide bonds. The summed E-state index contributed by atoms with van der Waals surface area (Å²) in [5.74, 6) is 0.352. The Hall–Kier alpha value is -3.78. The highest BCUT2D eigenvalue weighted by atomic mass is 35.5. The maximum atomic E-state index is 12.2. The predicted octanol–water partition coefficient (Wildman–Crippen LogP) is 1.29. The van der Waals surface area contributed by atoms with Crippen molar-refractivity contribution in [3.63, 3.8) is 0 Å². The monoisotopic (exact) mass is 425 g/mol. The highest BCUT2D eigenvalue weighted by Crippen LogP contribution is 2.32. The molecule has 30 heavy (non-hydrogen) atoms. The number of hydrogen-bond acceptors (Lipinski definition) is 6. The van der Waals surface area contributed by atoms with E-state index >= 15 is 0 Å². The molecule has 9 heteroatoms. The standard InChI is InChI=1S/C21H16ClN3O5/c1-29-15-8-16(30-2)17-14(10-3-5-11(22)6-4-10)9-23-18(17)12(15)7-13-19(26)24-21(28)25-20(13)27/h3-9H,1-2H3,(H3,24,25,26,27,28)/b12-7+. The molecule has 0 bridgehead atoms. The van der Waals surface area contributed by atoms with Crippen LogP contribution in [0.4, 0.5) is 0 Å². The van der Waals surface area contributed by atoms with Crippen molar-refractivity contribution >= 4 is 23.3 Å². The number of H-pyrrole nitrogens is 2. The number of aromatic amines is 2. The predicted molar refractivity (Wildman–Crippen MR) is 112 cm³/mol. The molecule has 1 aromatic heterocycles. The lowest BCUT2D eigenvalue weighted by Crippen LogP contribution is -2.31. The van der Waals surface area contributed by atoms with Crippen molar-refractivity contribution in [1.82, 2.24) is 9.97 Å². The van der Waals surface area contributed by atoms with Gasteiger partial charge in [0.2, 0.25) is 5.88 Å². The van der Waals surface area contributed by atoms with Gasteiger partial charge >= 0.3 is 5.69 Å². The largest absolute Gasteiger partial charge is 0.496 e. The van der Waals surface area contributed by atoms with Crippen LogP contribution in [0.2, 0.25) is 5.02 Å². The zero-order valence-corrected chi connectivity index (χ0v) is 16.7. The first-order valence-corrected chi connectivity index (χ1v) is 9.17. The zero-order chi connectivity index (χ0) is 21.4. The molecule has 0 atom stereocenters. The Labute approximate surface area is 174 Å². The molecule has 8 nitrogen and oxygen atoms in total. The van der Waals surface area contributed by atoms with Gasteiger partial charge in [-0.2, -0.15) is 0 Å². The van der Waals surface area contributed by atoms with Crippen LogP contribution >= 0.6 is 11.6 Å². The molecule has 0 spiro atoms. The van der Waals surface area contributed by atoms with Crippen molar-refractivity contribution in [3.8, 4) is 17.4 Å². The molecule has 0 unspecified atom stereocenters. The second-order valence-electron chi connectivity index (χ2n) is 6.41. The molecule has 1 aliphatic rings. The fraction of sp³-hybridized carbons (Fsp3) is 0.0952. The van der Waals surface area contributed by atoms with Gasteiger partial charge in [-0.25, -0.2) is 4.79 Å². The van der Waals surface area contributed by atoms with Crippen LogP contribution in [-0.2, 0) is 0 Å². The van der Waals surface area contributed by atoms with E-state index in [0.717, 1.165) is 11.1 Å². The number of methoxy groups -OCH3 is 2. The van der Waals surface area contributed by atoms with Gasteiger partial charge in [-0.3, -0.25) is 19.8 Å². The van der Waals surface area contributed by atoms with E-state index in [1.165, 1.54) is 20.3 Å². The third kappa shape index (κ3) is 3.27. The lowest BCUT2D eigenvalue weighted by atomic mass is 9.97. The fourth-order valence-corrected chi connectivity index (χ4v) is 3.43. The van der Waals surface area contributed by atoms with Gasteiger partial charge in [-0.05, 0) is 23.8 Å². The number of nitrogens with one attached hydrogen (secondary N) is 2. The minimum atomic E-state index is -0.807. The minimum absolute atomic E-state index is 0.129. The van der Waals surface area contributed by atoms with Gasteiger partial charge in [0, 0.05) is 28.1 Å². The van der Waals surface area contributed by atoms with Crippen molar-refractivity contribution in [2.24, 2.45) is 4.99 Å². The van der Waals surface area contributed by atoms with Crippen LogP contribution < -0.4 is 31.3 Å². The van der Waals surface area contributed by atoms with Gasteiger partial charge in [-0.15, -0.1) is 0 Å². The molecule has 2 heterocycles. The summed E-state index contributed by atoms with van der Waals surface area (Å²) in [5.41, 5.74) is 0.698. The van der Waals surface area contributed by atoms with Crippen LogP contribution in [0, 0.1) is 0 Å². The Balaban J connectivity index is 2.03. The third-order valence-electron chi connectivity index (χ3n) is 4.70. The first-order chi connectivity index (χ1) is 14.4. The lowest BCUT2D eigenvalue weighted by molar-refractivity contribution is 0.390. The summed E-state index contributed by atoms with van der Waals surface area (Å²) < 4.78 is 11.0. The number of halogens is 1. The molecule has 2 aromatic carbocycles. The normalized spacial score (nSPS) is 12.9. The van der Waals surface area contributed by atoms with Gasteiger partial charge < -0.3 is 14.6 Å². The Morgan fingerprint density at radius 2 is 1.77 bits per heavy atom. The minimum Gasteiger partial charge on any atom is -0.496 e. The maximum absolute atomic E-state index is 12.2. The molecule has 152 valence electrons. The number of nitrogens with zero attached hydrogens (tertiary/aromatic N) is 1. The van der Waals surface area contributed by atoms with Crippen molar-refractivity contribution in [2.45, 2.75) is 0 Å². The average molecular weight is 426 g/mol. The molecule has 1 aliphatic heterocycles. The van der Waals surface area contributed by atoms with Crippen LogP contribution in [0.5, 0.6) is 17.4 Å². The molecule has 0 saturated carbocycles. The summed E-state index contributed by atoms with van der Waals surface area (Å²) in [6.07, 6.45) is 3.09. The summed E-state index contributed by atoms with van der Waals surface area (Å²) in [4.78, 5) is 32.4. The molecule has 3 aromatic rings. The highest BCUT2D eigenvalue weighted by molar-refractivity contribution is 6.30. The summed E-state index contributed by atoms with van der Waals surface area (Å²) in [6, 6.07) is 8.95. The Morgan fingerprint density at radius 3 is 2.40 bits per heavy atom. The van der Waals surface area contributed by atoms with Gasteiger partial charge in [0.05, 0.1) is 25.1 Å². The number of fused-ring (bicyclic) bond motifs is 1. The Morgan fingerprint density at radius 1 is 1.07 bits per heavy atom. The SMILES string of the molecule is COc1cc(OC)/c(=C\c2c(O)[nH]c(=O)[nH]c2=O)c2c1C(c1ccc(Cl)cc1)=CN=2. The van der Waals surface area contributed by atoms with Crippen LogP contribution in [0.1, 0.15) is 16.7 Å². The van der Waals surface area contributed by atoms with Crippen LogP contribution in [0.3, 0.4) is 0 Å². The molecular weight excluding hydrogens is 410 g/mol. The number of benzene rings is 2. The molecular formula is C21H16ClN3O5. The third-order valence-corrected chi connectivity index (χ3v) is 4.95. The molecule has 0 saturated heterocycles. The van der Waals surface area contributed by atoms with Crippen LogP contribution in [0.25, 0.3) is 11.6 Å². The average Bonchev–Trinajstić information content (AvgIpc) is 3.16. The van der Waals surface area contributed by atoms with Gasteiger partial charge in [0.15, 0.2) is 0 Å². The number of hydrogen-bond donors (Lipinski definition) is 3. The first-order valence-electron chi connectivity index (χ1n) is 8.79. The van der Waals surface area contributed by atoms with Crippen LogP contribution in [-0.4, -0.2) is 29.3 Å². The van der Waals surface area contributed by atoms with E-state index in [9.17, 15) is 14.7 Å². The number of rotatable bonds is 4. The maximum Gasteiger partial charge on any atom is 0.328 e. The second-order valence-corrected chi connectivity index (χ2v) is 6.85. The molecule has 3 N–H and O–H groups in total. The lowest BCUT2D eigenvalue weighted by Gasteiger charge is -2.12. The Kier molecular flexibility index (Phi) is 4.93. The second kappa shape index (κ2) is 7.57. The van der Waals surface area contributed by atoms with Gasteiger partial charge in [0.25, 0.3) is 5.56 Å². The van der Waals surface area contributed by atoms with E-state index in [1.807, 2.05) is 12.1 Å². The van der Waals surface area contributed by atoms with E-state index in [2.05, 4.69) is 15.0 Å². The van der Waals surface area contributed by atoms with Crippen molar-refractivity contribution in [2.75, 3.05) is 14.2 Å². The molecule has 4 rings (SSSR count). The Bertz CT molecular complexity index is 1420. The van der Waals surface area contributed by atoms with Crippen molar-refractivity contribution in [1.29, 1.82) is 0 Å². The summed E-state index contributed by atoms with van der Waals surface area (Å²) in [5, 5.41) is 11.6. The topological polar surface area (TPSA) is 117 Å². The summed E-state index contributed by atoms with van der Waals surface area (Å²) in [6.45, 7) is 0. The quantitative estimate of drug-likeness (QED) is 0.582. The van der Waals surface area contributed by atoms with E-state index < -0.39 is 17.1 Å². The number of ether oxygens (including phenoxy) is 2. The van der Waals surface area contributed by atoms with E-state index in [1.54, 1.807) is 24.4 Å². The van der Waals surface area contributed by atoms with Crippen molar-refractivity contribution < 1.29 is 14.6 Å². The van der Waals surface area contributed by atoms with Crippen LogP contribution in [0.15, 0.2) is 51.1 Å². The smallest absolute Gasteiger partial charge is 0.328 e. The summed E-state index contributed by atoms with van der Waals surface area (Å²) in [7, 11) is 3.01. The van der Waals surface area contributed by atoms with E-state index in [-0.39, 0.29) is 5.56 Å². The van der Waals surface area contributed by atoms with Gasteiger partial charge in [-0.1, -0.05) is 23.7 Å². The summed E-state index contributed by atoms with van der Waals surface area (Å²) >= 11 is 6.00. The fourth-order valence-electron chi connectivity index (χ4n) is 3.31. The van der Waals surface area contributed by atoms with Gasteiger partial charge in [0.1, 0.15) is 17.1 Å². The van der Waals surface area contributed by atoms with Crippen molar-refractivity contribution in [3.05, 3.63) is 89.7 Å². The molecule has 0 aliphatic carbocycles. The molecule has 0 fully saturated rings. The highest BCUT2D eigenvalue weighted by Gasteiger charge is 2.21. The zero-order valence-electron chi connectivity index (χ0n) is 15.9.